The van der Waals surface area contributed by atoms with Gasteiger partial charge in [0, 0.05) is 6.04 Å². The molecule has 12 heteroatoms. The number of halogens is 3. The summed E-state index contributed by atoms with van der Waals surface area (Å²) in [6, 6.07) is 2.00. The molecule has 0 aliphatic carbocycles. The molecule has 1 aliphatic rings. The molecule has 2 unspecified atom stereocenters. The Bertz CT molecular complexity index is 1130. The van der Waals surface area contributed by atoms with Crippen LogP contribution >= 0.6 is 0 Å². The van der Waals surface area contributed by atoms with Crippen LogP contribution in [0.25, 0.3) is 0 Å². The van der Waals surface area contributed by atoms with Gasteiger partial charge in [0.25, 0.3) is 0 Å². The second-order valence-electron chi connectivity index (χ2n) is 9.26. The van der Waals surface area contributed by atoms with E-state index in [9.17, 15) is 27.9 Å². The molecular weight excluding hydrogens is 481 g/mol. The lowest BCUT2D eigenvalue weighted by atomic mass is 9.89. The number of amides is 1. The number of aromatic nitrogens is 2. The fourth-order valence-corrected chi connectivity index (χ4v) is 3.93. The van der Waals surface area contributed by atoms with Crippen LogP contribution in [0, 0.1) is 0 Å². The van der Waals surface area contributed by atoms with E-state index in [0.29, 0.717) is 6.42 Å². The number of aromatic hydroxyl groups is 1. The van der Waals surface area contributed by atoms with Gasteiger partial charge in [0.05, 0.1) is 30.1 Å². The number of carbonyl (C=O) groups is 2. The van der Waals surface area contributed by atoms with Crippen molar-refractivity contribution < 1.29 is 37.3 Å². The summed E-state index contributed by atoms with van der Waals surface area (Å²) in [5.74, 6) is -1.48. The van der Waals surface area contributed by atoms with Crippen molar-refractivity contribution in [3.05, 3.63) is 41.2 Å². The largest absolute Gasteiger partial charge is 0.504 e. The molecule has 1 aliphatic heterocycles. The van der Waals surface area contributed by atoms with Crippen molar-refractivity contribution in [3.8, 4) is 5.75 Å². The van der Waals surface area contributed by atoms with Crippen molar-refractivity contribution in [1.82, 2.24) is 9.97 Å². The van der Waals surface area contributed by atoms with E-state index in [2.05, 4.69) is 15.3 Å². The maximum atomic E-state index is 13.5. The summed E-state index contributed by atoms with van der Waals surface area (Å²) >= 11 is 0. The minimum atomic E-state index is -4.60. The summed E-state index contributed by atoms with van der Waals surface area (Å²) in [4.78, 5) is 34.6. The molecule has 0 radical (unpaired) electrons. The van der Waals surface area contributed by atoms with Gasteiger partial charge in [-0.1, -0.05) is 6.92 Å². The number of nitrogens with zero attached hydrogens (tertiary/aromatic N) is 3. The average Bonchev–Trinajstić information content (AvgIpc) is 2.77. The summed E-state index contributed by atoms with van der Waals surface area (Å²) in [7, 11) is 0. The molecule has 2 aromatic rings. The molecule has 1 aromatic heterocycles. The van der Waals surface area contributed by atoms with Crippen molar-refractivity contribution in [2.75, 3.05) is 16.8 Å². The Morgan fingerprint density at radius 3 is 2.50 bits per heavy atom. The van der Waals surface area contributed by atoms with Gasteiger partial charge in [0.15, 0.2) is 11.4 Å². The zero-order chi connectivity index (χ0) is 26.8. The molecule has 1 aromatic carbocycles. The van der Waals surface area contributed by atoms with E-state index in [-0.39, 0.29) is 35.9 Å². The monoisotopic (exact) mass is 510 g/mol. The molecule has 0 saturated carbocycles. The zero-order valence-corrected chi connectivity index (χ0v) is 20.6. The van der Waals surface area contributed by atoms with Gasteiger partial charge in [-0.15, -0.1) is 0 Å². The Hall–Kier alpha value is -3.57. The Morgan fingerprint density at radius 2 is 1.92 bits per heavy atom. The van der Waals surface area contributed by atoms with Crippen molar-refractivity contribution in [2.24, 2.45) is 0 Å². The van der Waals surface area contributed by atoms with Crippen LogP contribution in [0.4, 0.5) is 29.6 Å². The minimum absolute atomic E-state index is 0.0959. The second-order valence-corrected chi connectivity index (χ2v) is 9.26. The van der Waals surface area contributed by atoms with Gasteiger partial charge in [0.1, 0.15) is 5.60 Å². The molecular formula is C24H29F3N4O5. The Kier molecular flexibility index (Phi) is 7.65. The van der Waals surface area contributed by atoms with Crippen molar-refractivity contribution in [3.63, 3.8) is 0 Å². The first-order valence-corrected chi connectivity index (χ1v) is 11.5. The number of ether oxygens (including phenoxy) is 2. The van der Waals surface area contributed by atoms with Crippen LogP contribution in [0.5, 0.6) is 5.75 Å². The lowest BCUT2D eigenvalue weighted by molar-refractivity contribution is -0.137. The average molecular weight is 511 g/mol. The number of fused-ring (bicyclic) bond motifs is 1. The molecule has 36 heavy (non-hydrogen) atoms. The molecule has 3 rings (SSSR count). The lowest BCUT2D eigenvalue weighted by Gasteiger charge is -2.40. The molecule has 2 heterocycles. The van der Waals surface area contributed by atoms with Crippen molar-refractivity contribution in [2.45, 2.75) is 71.3 Å². The molecule has 9 nitrogen and oxygen atoms in total. The van der Waals surface area contributed by atoms with Gasteiger partial charge in [-0.2, -0.15) is 13.2 Å². The fraction of sp³-hybridized carbons (Fsp3) is 0.500. The molecule has 196 valence electrons. The number of carbonyl (C=O) groups excluding carboxylic acids is 2. The third kappa shape index (κ3) is 5.97. The van der Waals surface area contributed by atoms with Crippen LogP contribution in [0.2, 0.25) is 0 Å². The summed E-state index contributed by atoms with van der Waals surface area (Å²) in [6.07, 6.45) is -3.54. The van der Waals surface area contributed by atoms with Gasteiger partial charge in [0.2, 0.25) is 5.95 Å². The van der Waals surface area contributed by atoms with Crippen molar-refractivity contribution >= 4 is 23.7 Å². The second kappa shape index (κ2) is 10.2. The number of alkyl halides is 3. The van der Waals surface area contributed by atoms with Crippen molar-refractivity contribution in [1.29, 1.82) is 0 Å². The normalized spacial score (nSPS) is 17.8. The maximum absolute atomic E-state index is 13.5. The minimum Gasteiger partial charge on any atom is -0.504 e. The van der Waals surface area contributed by atoms with E-state index in [1.54, 1.807) is 27.7 Å². The first-order chi connectivity index (χ1) is 16.7. The molecule has 2 N–H and O–H groups in total. The highest BCUT2D eigenvalue weighted by Gasteiger charge is 2.39. The Balaban J connectivity index is 2.04. The number of hydrogen-bond acceptors (Lipinski definition) is 8. The summed E-state index contributed by atoms with van der Waals surface area (Å²) < 4.78 is 51.0. The number of esters is 1. The molecule has 1 amide bonds. The van der Waals surface area contributed by atoms with Crippen LogP contribution in [0.1, 0.15) is 75.1 Å². The molecule has 0 spiro atoms. The van der Waals surface area contributed by atoms with E-state index in [0.717, 1.165) is 18.3 Å². The van der Waals surface area contributed by atoms with E-state index >= 15 is 0 Å². The van der Waals surface area contributed by atoms with Gasteiger partial charge in [-0.05, 0) is 64.3 Å². The number of hydrogen-bond donors (Lipinski definition) is 2. The van der Waals surface area contributed by atoms with E-state index in [4.69, 9.17) is 9.47 Å². The van der Waals surface area contributed by atoms with Gasteiger partial charge >= 0.3 is 18.2 Å². The highest BCUT2D eigenvalue weighted by molar-refractivity contribution is 5.91. The standard InChI is InChI=1S/C24H29F3N4O5/c1-6-14-11-16(29-21-28-12-18(32)19(30-21)20(33)36-23(3,4)5)15-10-13(24(25,26)27)8-9-17(15)31(14)22(34)35-7-2/h8-10,12,14,16,32H,6-7,11H2,1-5H3,(H,28,29,30). The number of benzene rings is 1. The Morgan fingerprint density at radius 1 is 1.22 bits per heavy atom. The third-order valence-electron chi connectivity index (χ3n) is 5.46. The van der Waals surface area contributed by atoms with Crippen LogP contribution in [0.3, 0.4) is 0 Å². The van der Waals surface area contributed by atoms with Crippen LogP contribution in [-0.2, 0) is 15.7 Å². The molecule has 2 atom stereocenters. The van der Waals surface area contributed by atoms with Crippen LogP contribution in [0.15, 0.2) is 24.4 Å². The molecule has 0 fully saturated rings. The molecule has 0 saturated heterocycles. The third-order valence-corrected chi connectivity index (χ3v) is 5.46. The highest BCUT2D eigenvalue weighted by Crippen LogP contribution is 2.43. The van der Waals surface area contributed by atoms with Crippen LogP contribution in [-0.4, -0.2) is 45.4 Å². The van der Waals surface area contributed by atoms with E-state index < -0.39 is 47.2 Å². The van der Waals surface area contributed by atoms with Gasteiger partial charge in [-0.3, -0.25) is 4.90 Å². The first kappa shape index (κ1) is 27.0. The zero-order valence-electron chi connectivity index (χ0n) is 20.6. The summed E-state index contributed by atoms with van der Waals surface area (Å²) in [6.45, 7) is 8.56. The van der Waals surface area contributed by atoms with E-state index in [1.165, 1.54) is 11.0 Å². The summed E-state index contributed by atoms with van der Waals surface area (Å²) in [5, 5.41) is 13.1. The number of anilines is 2. The topological polar surface area (TPSA) is 114 Å². The van der Waals surface area contributed by atoms with Gasteiger partial charge < -0.3 is 19.9 Å². The summed E-state index contributed by atoms with van der Waals surface area (Å²) in [5.41, 5.74) is -1.65. The number of nitrogens with one attached hydrogen (secondary N) is 1. The predicted molar refractivity (Wildman–Crippen MR) is 125 cm³/mol. The van der Waals surface area contributed by atoms with E-state index in [1.807, 2.05) is 6.92 Å². The van der Waals surface area contributed by atoms with Crippen LogP contribution < -0.4 is 10.2 Å². The molecule has 0 bridgehead atoms. The lowest BCUT2D eigenvalue weighted by Crippen LogP contribution is -2.46. The predicted octanol–water partition coefficient (Wildman–Crippen LogP) is 5.45. The maximum Gasteiger partial charge on any atom is 0.416 e. The Labute approximate surface area is 206 Å². The first-order valence-electron chi connectivity index (χ1n) is 11.5. The highest BCUT2D eigenvalue weighted by atomic mass is 19.4. The number of rotatable bonds is 5. The quantitative estimate of drug-likeness (QED) is 0.510. The van der Waals surface area contributed by atoms with Gasteiger partial charge in [-0.25, -0.2) is 19.6 Å². The SMILES string of the molecule is CCOC(=O)N1c2ccc(C(F)(F)F)cc2C(Nc2ncc(O)c(C(=O)OC(C)(C)C)n2)CC1CC. The smallest absolute Gasteiger partial charge is 0.416 e. The fourth-order valence-electron chi connectivity index (χ4n) is 3.93.